The van der Waals surface area contributed by atoms with Gasteiger partial charge in [0.15, 0.2) is 0 Å². The lowest BCUT2D eigenvalue weighted by molar-refractivity contribution is 0.0270. The molecule has 7 heteroatoms. The minimum atomic E-state index is -0.374. The van der Waals surface area contributed by atoms with E-state index in [4.69, 9.17) is 14.2 Å². The number of hydrogen-bond acceptors (Lipinski definition) is 5. The molecule has 186 valence electrons. The molecule has 2 aromatic rings. The quantitative estimate of drug-likeness (QED) is 0.528. The van der Waals surface area contributed by atoms with Crippen LogP contribution in [0.1, 0.15) is 72.4 Å². The molecule has 0 aliphatic heterocycles. The molecule has 0 radical (unpaired) electrons. The number of hydrazine groups is 1. The molecule has 0 bridgehead atoms. The Balaban J connectivity index is 2.59. The molecule has 0 aliphatic carbocycles. The van der Waals surface area contributed by atoms with Gasteiger partial charge in [-0.2, -0.15) is 0 Å². The first kappa shape index (κ1) is 27.0. The number of hydrogen-bond donors (Lipinski definition) is 1. The monoisotopic (exact) mass is 470 g/mol. The molecule has 2 aromatic carbocycles. The van der Waals surface area contributed by atoms with Crippen LogP contribution in [0.15, 0.2) is 30.3 Å². The lowest BCUT2D eigenvalue weighted by Gasteiger charge is -2.40. The fourth-order valence-corrected chi connectivity index (χ4v) is 4.09. The van der Waals surface area contributed by atoms with E-state index in [1.54, 1.807) is 51.7 Å². The van der Waals surface area contributed by atoms with Crippen molar-refractivity contribution in [3.8, 4) is 17.2 Å². The van der Waals surface area contributed by atoms with Gasteiger partial charge in [0.25, 0.3) is 11.8 Å². The van der Waals surface area contributed by atoms with Crippen molar-refractivity contribution < 1.29 is 23.8 Å². The van der Waals surface area contributed by atoms with Crippen LogP contribution < -0.4 is 19.6 Å². The number of benzene rings is 2. The molecule has 1 N–H and O–H groups in total. The molecule has 0 spiro atoms. The van der Waals surface area contributed by atoms with Crippen molar-refractivity contribution in [2.75, 3.05) is 21.3 Å². The molecular formula is C27H38N2O5. The van der Waals surface area contributed by atoms with Gasteiger partial charge < -0.3 is 14.2 Å². The van der Waals surface area contributed by atoms with Crippen molar-refractivity contribution in [1.82, 2.24) is 10.4 Å². The van der Waals surface area contributed by atoms with Crippen LogP contribution in [0.5, 0.6) is 17.2 Å². The minimum Gasteiger partial charge on any atom is -0.496 e. The number of nitrogens with zero attached hydrogens (tertiary/aromatic N) is 1. The summed E-state index contributed by atoms with van der Waals surface area (Å²) < 4.78 is 16.3. The smallest absolute Gasteiger partial charge is 0.272 e. The Bertz CT molecular complexity index is 1000. The van der Waals surface area contributed by atoms with Gasteiger partial charge in [-0.1, -0.05) is 40.2 Å². The molecule has 1 atom stereocenters. The Morgan fingerprint density at radius 1 is 0.941 bits per heavy atom. The van der Waals surface area contributed by atoms with Crippen LogP contribution in [0.3, 0.4) is 0 Å². The maximum Gasteiger partial charge on any atom is 0.272 e. The highest BCUT2D eigenvalue weighted by Crippen LogP contribution is 2.33. The topological polar surface area (TPSA) is 77.1 Å². The molecule has 2 amide bonds. The van der Waals surface area contributed by atoms with Crippen LogP contribution >= 0.6 is 0 Å². The molecule has 34 heavy (non-hydrogen) atoms. The average molecular weight is 471 g/mol. The Labute approximate surface area is 203 Å². The highest BCUT2D eigenvalue weighted by atomic mass is 16.5. The molecule has 0 saturated carbocycles. The zero-order valence-electron chi connectivity index (χ0n) is 21.9. The second kappa shape index (κ2) is 11.3. The lowest BCUT2D eigenvalue weighted by Crippen LogP contribution is -2.56. The molecule has 0 saturated heterocycles. The highest BCUT2D eigenvalue weighted by Gasteiger charge is 2.35. The SMILES string of the molecule is CCCC(N(NC(=O)c1cccc(OC)c1C)C(=O)c1cc(OC)c(C)c(OC)c1)C(C)(C)C. The standard InChI is InChI=1S/C27H38N2O5/c1-10-12-24(27(4,5)6)29(28-25(30)20-13-11-14-21(32-7)17(20)2)26(31)19-15-22(33-8)18(3)23(16-19)34-9/h11,13-16,24H,10,12H2,1-9H3,(H,28,30). The summed E-state index contributed by atoms with van der Waals surface area (Å²) in [6, 6.07) is 8.40. The molecule has 7 nitrogen and oxygen atoms in total. The van der Waals surface area contributed by atoms with E-state index < -0.39 is 0 Å². The number of ether oxygens (including phenoxy) is 3. The van der Waals surface area contributed by atoms with E-state index in [-0.39, 0.29) is 23.3 Å². The Hall–Kier alpha value is -3.22. The lowest BCUT2D eigenvalue weighted by atomic mass is 9.83. The van der Waals surface area contributed by atoms with Crippen molar-refractivity contribution in [2.45, 2.75) is 60.4 Å². The van der Waals surface area contributed by atoms with Gasteiger partial charge in [-0.3, -0.25) is 15.0 Å². The summed E-state index contributed by atoms with van der Waals surface area (Å²) in [6.45, 7) is 11.9. The molecule has 0 aromatic heterocycles. The van der Waals surface area contributed by atoms with E-state index >= 15 is 0 Å². The fraction of sp³-hybridized carbons (Fsp3) is 0.481. The van der Waals surface area contributed by atoms with Gasteiger partial charge in [-0.25, -0.2) is 5.01 Å². The zero-order valence-corrected chi connectivity index (χ0v) is 21.9. The van der Waals surface area contributed by atoms with E-state index in [1.807, 2.05) is 13.8 Å². The number of carbonyl (C=O) groups excluding carboxylic acids is 2. The van der Waals surface area contributed by atoms with Crippen molar-refractivity contribution in [3.63, 3.8) is 0 Å². The van der Waals surface area contributed by atoms with E-state index in [9.17, 15) is 9.59 Å². The zero-order chi connectivity index (χ0) is 25.6. The maximum absolute atomic E-state index is 13.9. The first-order chi connectivity index (χ1) is 16.0. The summed E-state index contributed by atoms with van der Waals surface area (Å²) in [7, 11) is 4.67. The maximum atomic E-state index is 13.9. The van der Waals surface area contributed by atoms with Crippen LogP contribution in [-0.2, 0) is 0 Å². The van der Waals surface area contributed by atoms with Crippen molar-refractivity contribution in [1.29, 1.82) is 0 Å². The highest BCUT2D eigenvalue weighted by molar-refractivity contribution is 6.00. The second-order valence-electron chi connectivity index (χ2n) is 9.43. The van der Waals surface area contributed by atoms with Crippen molar-refractivity contribution in [3.05, 3.63) is 52.6 Å². The third-order valence-electron chi connectivity index (χ3n) is 6.06. The van der Waals surface area contributed by atoms with Gasteiger partial charge >= 0.3 is 0 Å². The number of carbonyl (C=O) groups is 2. The van der Waals surface area contributed by atoms with Gasteiger partial charge in [-0.15, -0.1) is 0 Å². The van der Waals surface area contributed by atoms with Gasteiger partial charge in [0.05, 0.1) is 27.4 Å². The number of rotatable bonds is 8. The average Bonchev–Trinajstić information content (AvgIpc) is 2.80. The van der Waals surface area contributed by atoms with E-state index in [1.165, 1.54) is 5.01 Å². The fourth-order valence-electron chi connectivity index (χ4n) is 4.09. The Morgan fingerprint density at radius 3 is 1.97 bits per heavy atom. The van der Waals surface area contributed by atoms with Gasteiger partial charge in [0, 0.05) is 22.3 Å². The number of methoxy groups -OCH3 is 3. The first-order valence-electron chi connectivity index (χ1n) is 11.5. The molecule has 0 fully saturated rings. The van der Waals surface area contributed by atoms with Crippen LogP contribution in [0.2, 0.25) is 0 Å². The predicted molar refractivity (Wildman–Crippen MR) is 134 cm³/mol. The summed E-state index contributed by atoms with van der Waals surface area (Å²) in [5.74, 6) is 0.986. The molecule has 0 aliphatic rings. The summed E-state index contributed by atoms with van der Waals surface area (Å²) in [4.78, 5) is 27.3. The Kier molecular flexibility index (Phi) is 8.96. The van der Waals surface area contributed by atoms with Crippen LogP contribution in [0, 0.1) is 19.3 Å². The van der Waals surface area contributed by atoms with E-state index in [0.717, 1.165) is 12.0 Å². The van der Waals surface area contributed by atoms with Gasteiger partial charge in [0.2, 0.25) is 0 Å². The molecular weight excluding hydrogens is 432 g/mol. The number of amides is 2. The van der Waals surface area contributed by atoms with E-state index in [0.29, 0.717) is 40.4 Å². The molecule has 0 heterocycles. The third kappa shape index (κ3) is 5.82. The predicted octanol–water partition coefficient (Wildman–Crippen LogP) is 5.33. The minimum absolute atomic E-state index is 0.252. The summed E-state index contributed by atoms with van der Waals surface area (Å²) in [5.41, 5.74) is 4.94. The van der Waals surface area contributed by atoms with Gasteiger partial charge in [0.1, 0.15) is 17.2 Å². The van der Waals surface area contributed by atoms with Crippen LogP contribution in [-0.4, -0.2) is 44.2 Å². The normalized spacial score (nSPS) is 12.0. The van der Waals surface area contributed by atoms with Crippen molar-refractivity contribution in [2.24, 2.45) is 5.41 Å². The van der Waals surface area contributed by atoms with Crippen molar-refractivity contribution >= 4 is 11.8 Å². The number of nitrogens with one attached hydrogen (secondary N) is 1. The summed E-state index contributed by atoms with van der Waals surface area (Å²) >= 11 is 0. The van der Waals surface area contributed by atoms with Gasteiger partial charge in [-0.05, 0) is 49.9 Å². The molecule has 2 rings (SSSR count). The third-order valence-corrected chi connectivity index (χ3v) is 6.06. The first-order valence-corrected chi connectivity index (χ1v) is 11.5. The summed E-state index contributed by atoms with van der Waals surface area (Å²) in [5, 5.41) is 1.47. The van der Waals surface area contributed by atoms with Crippen LogP contribution in [0.25, 0.3) is 0 Å². The summed E-state index contributed by atoms with van der Waals surface area (Å²) in [6.07, 6.45) is 1.56. The second-order valence-corrected chi connectivity index (χ2v) is 9.43. The van der Waals surface area contributed by atoms with E-state index in [2.05, 4.69) is 33.1 Å². The Morgan fingerprint density at radius 2 is 1.50 bits per heavy atom. The van der Waals surface area contributed by atoms with Crippen LogP contribution in [0.4, 0.5) is 0 Å². The molecule has 1 unspecified atom stereocenters. The largest absolute Gasteiger partial charge is 0.496 e.